The maximum atomic E-state index is 10.4. The van der Waals surface area contributed by atoms with Crippen LogP contribution in [-0.4, -0.2) is 27.6 Å². The zero-order valence-electron chi connectivity index (χ0n) is 8.56. The number of esters is 1. The molecule has 5 heteroatoms. The SMILES string of the molecule is CCc1cn(CCCOC(C)=O)nn1. The van der Waals surface area contributed by atoms with Crippen LogP contribution in [0.15, 0.2) is 6.20 Å². The highest BCUT2D eigenvalue weighted by Crippen LogP contribution is 1.95. The Bertz CT molecular complexity index is 296. The molecule has 0 aliphatic carbocycles. The lowest BCUT2D eigenvalue weighted by atomic mass is 10.4. The molecule has 0 fully saturated rings. The van der Waals surface area contributed by atoms with Gasteiger partial charge < -0.3 is 4.74 Å². The molecule has 0 atom stereocenters. The Morgan fingerprint density at radius 1 is 1.64 bits per heavy atom. The van der Waals surface area contributed by atoms with Gasteiger partial charge in [-0.3, -0.25) is 9.48 Å². The van der Waals surface area contributed by atoms with Crippen molar-refractivity contribution in [3.8, 4) is 0 Å². The van der Waals surface area contributed by atoms with E-state index in [4.69, 9.17) is 4.74 Å². The second kappa shape index (κ2) is 5.36. The summed E-state index contributed by atoms with van der Waals surface area (Å²) in [5, 5.41) is 7.88. The molecule has 0 amide bonds. The number of carbonyl (C=O) groups is 1. The van der Waals surface area contributed by atoms with Gasteiger partial charge in [0.05, 0.1) is 12.3 Å². The van der Waals surface area contributed by atoms with Crippen LogP contribution in [0.5, 0.6) is 0 Å². The highest BCUT2D eigenvalue weighted by Gasteiger charge is 1.98. The van der Waals surface area contributed by atoms with Crippen LogP contribution in [-0.2, 0) is 22.5 Å². The zero-order valence-corrected chi connectivity index (χ0v) is 8.56. The van der Waals surface area contributed by atoms with Gasteiger partial charge in [0.25, 0.3) is 0 Å². The lowest BCUT2D eigenvalue weighted by molar-refractivity contribution is -0.141. The Labute approximate surface area is 83.1 Å². The molecule has 0 N–H and O–H groups in total. The molecule has 0 aromatic carbocycles. The van der Waals surface area contributed by atoms with Gasteiger partial charge in [-0.2, -0.15) is 0 Å². The topological polar surface area (TPSA) is 57.0 Å². The largest absolute Gasteiger partial charge is 0.466 e. The van der Waals surface area contributed by atoms with Crippen molar-refractivity contribution in [2.24, 2.45) is 0 Å². The van der Waals surface area contributed by atoms with E-state index in [-0.39, 0.29) is 5.97 Å². The molecule has 0 aliphatic rings. The molecule has 78 valence electrons. The number of rotatable bonds is 5. The fraction of sp³-hybridized carbons (Fsp3) is 0.667. The van der Waals surface area contributed by atoms with Crippen molar-refractivity contribution >= 4 is 5.97 Å². The van der Waals surface area contributed by atoms with Crippen LogP contribution < -0.4 is 0 Å². The Morgan fingerprint density at radius 3 is 3.00 bits per heavy atom. The predicted molar refractivity (Wildman–Crippen MR) is 50.7 cm³/mol. The minimum absolute atomic E-state index is 0.238. The Hall–Kier alpha value is -1.39. The highest BCUT2D eigenvalue weighted by molar-refractivity contribution is 5.65. The summed E-state index contributed by atoms with van der Waals surface area (Å²) >= 11 is 0. The Morgan fingerprint density at radius 2 is 2.43 bits per heavy atom. The van der Waals surface area contributed by atoms with Crippen LogP contribution in [0, 0.1) is 0 Å². The fourth-order valence-electron chi connectivity index (χ4n) is 1.05. The van der Waals surface area contributed by atoms with Crippen molar-refractivity contribution in [2.45, 2.75) is 33.2 Å². The smallest absolute Gasteiger partial charge is 0.302 e. The molecule has 0 aliphatic heterocycles. The molecular formula is C9H15N3O2. The molecule has 0 saturated carbocycles. The summed E-state index contributed by atoms with van der Waals surface area (Å²) in [6.45, 7) is 4.62. The van der Waals surface area contributed by atoms with Crippen molar-refractivity contribution in [1.82, 2.24) is 15.0 Å². The van der Waals surface area contributed by atoms with Crippen molar-refractivity contribution < 1.29 is 9.53 Å². The third-order valence-electron chi connectivity index (χ3n) is 1.79. The maximum Gasteiger partial charge on any atom is 0.302 e. The summed E-state index contributed by atoms with van der Waals surface area (Å²) in [7, 11) is 0. The number of nitrogens with zero attached hydrogens (tertiary/aromatic N) is 3. The number of ether oxygens (including phenoxy) is 1. The molecule has 0 radical (unpaired) electrons. The average molecular weight is 197 g/mol. The molecule has 0 saturated heterocycles. The van der Waals surface area contributed by atoms with Gasteiger partial charge in [-0.15, -0.1) is 5.10 Å². The fourth-order valence-corrected chi connectivity index (χ4v) is 1.05. The quantitative estimate of drug-likeness (QED) is 0.517. The van der Waals surface area contributed by atoms with E-state index < -0.39 is 0 Å². The van der Waals surface area contributed by atoms with Crippen molar-refractivity contribution in [1.29, 1.82) is 0 Å². The van der Waals surface area contributed by atoms with E-state index in [0.29, 0.717) is 6.61 Å². The van der Waals surface area contributed by atoms with Crippen LogP contribution >= 0.6 is 0 Å². The van der Waals surface area contributed by atoms with E-state index >= 15 is 0 Å². The van der Waals surface area contributed by atoms with E-state index in [9.17, 15) is 4.79 Å². The number of hydrogen-bond acceptors (Lipinski definition) is 4. The summed E-state index contributed by atoms with van der Waals surface area (Å²) in [4.78, 5) is 10.4. The summed E-state index contributed by atoms with van der Waals surface area (Å²) < 4.78 is 6.56. The van der Waals surface area contributed by atoms with Gasteiger partial charge in [0.15, 0.2) is 0 Å². The zero-order chi connectivity index (χ0) is 10.4. The standard InChI is InChI=1S/C9H15N3O2/c1-3-9-7-12(11-10-9)5-4-6-14-8(2)13/h7H,3-6H2,1-2H3. The molecule has 0 bridgehead atoms. The van der Waals surface area contributed by atoms with Crippen LogP contribution in [0.4, 0.5) is 0 Å². The third kappa shape index (κ3) is 3.55. The molecule has 14 heavy (non-hydrogen) atoms. The lowest BCUT2D eigenvalue weighted by Crippen LogP contribution is -2.05. The van der Waals surface area contributed by atoms with Crippen LogP contribution in [0.1, 0.15) is 26.0 Å². The number of aromatic nitrogens is 3. The molecule has 1 aromatic heterocycles. The van der Waals surface area contributed by atoms with Gasteiger partial charge in [0.1, 0.15) is 0 Å². The number of hydrogen-bond donors (Lipinski definition) is 0. The van der Waals surface area contributed by atoms with E-state index in [0.717, 1.165) is 25.1 Å². The van der Waals surface area contributed by atoms with Gasteiger partial charge in [-0.25, -0.2) is 0 Å². The van der Waals surface area contributed by atoms with Crippen LogP contribution in [0.2, 0.25) is 0 Å². The summed E-state index contributed by atoms with van der Waals surface area (Å²) in [6.07, 6.45) is 3.57. The number of aryl methyl sites for hydroxylation is 2. The average Bonchev–Trinajstić information content (AvgIpc) is 2.60. The van der Waals surface area contributed by atoms with Crippen molar-refractivity contribution in [2.75, 3.05) is 6.61 Å². The van der Waals surface area contributed by atoms with Crippen LogP contribution in [0.3, 0.4) is 0 Å². The molecular weight excluding hydrogens is 182 g/mol. The van der Waals surface area contributed by atoms with Gasteiger partial charge in [0.2, 0.25) is 0 Å². The van der Waals surface area contributed by atoms with Gasteiger partial charge >= 0.3 is 5.97 Å². The predicted octanol–water partition coefficient (Wildman–Crippen LogP) is 0.794. The molecule has 5 nitrogen and oxygen atoms in total. The normalized spacial score (nSPS) is 10.1. The van der Waals surface area contributed by atoms with E-state index in [1.54, 1.807) is 4.68 Å². The van der Waals surface area contributed by atoms with Gasteiger partial charge in [-0.05, 0) is 6.42 Å². The molecule has 1 heterocycles. The summed E-state index contributed by atoms with van der Waals surface area (Å²) in [6, 6.07) is 0. The van der Waals surface area contributed by atoms with Crippen LogP contribution in [0.25, 0.3) is 0 Å². The second-order valence-electron chi connectivity index (χ2n) is 3.02. The first kappa shape index (κ1) is 10.7. The van der Waals surface area contributed by atoms with Crippen molar-refractivity contribution in [3.05, 3.63) is 11.9 Å². The van der Waals surface area contributed by atoms with Gasteiger partial charge in [0, 0.05) is 26.1 Å². The van der Waals surface area contributed by atoms with E-state index in [2.05, 4.69) is 10.3 Å². The van der Waals surface area contributed by atoms with Gasteiger partial charge in [-0.1, -0.05) is 12.1 Å². The Balaban J connectivity index is 2.21. The van der Waals surface area contributed by atoms with E-state index in [1.807, 2.05) is 13.1 Å². The summed E-state index contributed by atoms with van der Waals surface area (Å²) in [5.74, 6) is -0.238. The maximum absolute atomic E-state index is 10.4. The minimum Gasteiger partial charge on any atom is -0.466 e. The molecule has 0 unspecified atom stereocenters. The Kier molecular flexibility index (Phi) is 4.10. The summed E-state index contributed by atoms with van der Waals surface area (Å²) in [5.41, 5.74) is 0.984. The first-order valence-electron chi connectivity index (χ1n) is 4.74. The van der Waals surface area contributed by atoms with E-state index in [1.165, 1.54) is 6.92 Å². The van der Waals surface area contributed by atoms with Crippen molar-refractivity contribution in [3.63, 3.8) is 0 Å². The monoisotopic (exact) mass is 197 g/mol. The molecule has 0 spiro atoms. The second-order valence-corrected chi connectivity index (χ2v) is 3.02. The first-order valence-corrected chi connectivity index (χ1v) is 4.74. The molecule has 1 rings (SSSR count). The first-order chi connectivity index (χ1) is 6.72. The third-order valence-corrected chi connectivity index (χ3v) is 1.79. The minimum atomic E-state index is -0.238. The number of carbonyl (C=O) groups excluding carboxylic acids is 1. The molecule has 1 aromatic rings. The highest BCUT2D eigenvalue weighted by atomic mass is 16.5. The lowest BCUT2D eigenvalue weighted by Gasteiger charge is -2.00.